The number of carboxylic acids is 1. The summed E-state index contributed by atoms with van der Waals surface area (Å²) in [4.78, 5) is 29.6. The molecule has 1 aliphatic rings. The maximum atomic E-state index is 14.1. The van der Waals surface area contributed by atoms with Gasteiger partial charge in [0.15, 0.2) is 0 Å². The second kappa shape index (κ2) is 10.5. The van der Waals surface area contributed by atoms with Crippen LogP contribution in [0.1, 0.15) is 40.0 Å². The van der Waals surface area contributed by atoms with Gasteiger partial charge in [-0.05, 0) is 60.9 Å². The number of hydrogen-bond donors (Lipinski definition) is 3. The lowest BCUT2D eigenvalue weighted by atomic mass is 9.94. The van der Waals surface area contributed by atoms with E-state index in [1.807, 2.05) is 31.2 Å². The molecule has 0 saturated heterocycles. The fourth-order valence-corrected chi connectivity index (χ4v) is 5.10. The highest BCUT2D eigenvalue weighted by molar-refractivity contribution is 7.98. The van der Waals surface area contributed by atoms with E-state index < -0.39 is 12.0 Å². The second-order valence-electron chi connectivity index (χ2n) is 8.86. The Morgan fingerprint density at radius 1 is 1.08 bits per heavy atom. The minimum absolute atomic E-state index is 0.133. The number of carbonyl (C=O) groups is 2. The number of hydrogen-bond acceptors (Lipinski definition) is 6. The molecule has 1 aromatic heterocycles. The van der Waals surface area contributed by atoms with Crippen LogP contribution in [0, 0.1) is 12.7 Å². The first-order valence-electron chi connectivity index (χ1n) is 11.8. The van der Waals surface area contributed by atoms with Crippen molar-refractivity contribution in [1.29, 1.82) is 0 Å². The van der Waals surface area contributed by atoms with Gasteiger partial charge in [0.05, 0.1) is 11.1 Å². The Morgan fingerprint density at radius 3 is 2.55 bits per heavy atom. The average Bonchev–Trinajstić information content (AvgIpc) is 3.29. The van der Waals surface area contributed by atoms with E-state index in [1.54, 1.807) is 41.9 Å². The van der Waals surface area contributed by atoms with Gasteiger partial charge >= 0.3 is 5.97 Å². The highest BCUT2D eigenvalue weighted by Gasteiger charge is 2.34. The summed E-state index contributed by atoms with van der Waals surface area (Å²) in [6, 6.07) is 19.7. The number of nitrogens with one attached hydrogen (secondary N) is 2. The van der Waals surface area contributed by atoms with E-state index >= 15 is 0 Å². The molecule has 4 aromatic rings. The highest BCUT2D eigenvalue weighted by Crippen LogP contribution is 2.37. The second-order valence-corrected chi connectivity index (χ2v) is 9.80. The first kappa shape index (κ1) is 25.2. The van der Waals surface area contributed by atoms with E-state index in [-0.39, 0.29) is 17.3 Å². The molecule has 0 radical (unpaired) electrons. The number of amides is 1. The summed E-state index contributed by atoms with van der Waals surface area (Å²) in [5.74, 6) is -0.903. The van der Waals surface area contributed by atoms with Gasteiger partial charge in [-0.15, -0.1) is 5.10 Å². The number of thioether (sulfide) groups is 1. The molecule has 1 atom stereocenters. The van der Waals surface area contributed by atoms with Crippen LogP contribution in [-0.2, 0) is 10.5 Å². The monoisotopic (exact) mass is 529 g/mol. The summed E-state index contributed by atoms with van der Waals surface area (Å²) in [7, 11) is 0. The van der Waals surface area contributed by atoms with Gasteiger partial charge in [0.1, 0.15) is 11.9 Å². The number of carboxylic acid groups (broad SMARTS) is 1. The lowest BCUT2D eigenvalue weighted by Gasteiger charge is -2.28. The SMILES string of the molecule is CC1=C(C(=O)Nc2cccc(C)c2)C(c2ccc(C(=O)O)cc2)n2nc(SCc3ccccc3F)nc2N1. The minimum atomic E-state index is -1.04. The molecule has 192 valence electrons. The first-order chi connectivity index (χ1) is 18.3. The molecule has 3 aromatic carbocycles. The fourth-order valence-electron chi connectivity index (χ4n) is 4.28. The fraction of sp³-hybridized carbons (Fsp3) is 0.143. The van der Waals surface area contributed by atoms with E-state index in [0.717, 1.165) is 5.56 Å². The Bertz CT molecular complexity index is 1560. The summed E-state index contributed by atoms with van der Waals surface area (Å²) in [6.45, 7) is 3.73. The molecular weight excluding hydrogens is 505 g/mol. The number of fused-ring (bicyclic) bond motifs is 1. The number of aromatic nitrogens is 3. The predicted octanol–water partition coefficient (Wildman–Crippen LogP) is 5.64. The van der Waals surface area contributed by atoms with Gasteiger partial charge in [0.2, 0.25) is 11.1 Å². The van der Waals surface area contributed by atoms with Gasteiger partial charge < -0.3 is 15.7 Å². The van der Waals surface area contributed by atoms with Crippen LogP contribution >= 0.6 is 11.8 Å². The topological polar surface area (TPSA) is 109 Å². The summed E-state index contributed by atoms with van der Waals surface area (Å²) in [5.41, 5.74) is 4.00. The van der Waals surface area contributed by atoms with Crippen molar-refractivity contribution in [1.82, 2.24) is 14.8 Å². The lowest BCUT2D eigenvalue weighted by Crippen LogP contribution is -2.31. The largest absolute Gasteiger partial charge is 0.478 e. The number of aryl methyl sites for hydroxylation is 1. The van der Waals surface area contributed by atoms with Crippen molar-refractivity contribution >= 4 is 35.3 Å². The molecule has 2 heterocycles. The normalized spacial score (nSPS) is 14.6. The zero-order valence-corrected chi connectivity index (χ0v) is 21.4. The lowest BCUT2D eigenvalue weighted by molar-refractivity contribution is -0.113. The summed E-state index contributed by atoms with van der Waals surface area (Å²) in [5, 5.41) is 20.6. The van der Waals surface area contributed by atoms with Crippen molar-refractivity contribution in [3.8, 4) is 0 Å². The minimum Gasteiger partial charge on any atom is -0.478 e. The van der Waals surface area contributed by atoms with E-state index in [9.17, 15) is 19.1 Å². The van der Waals surface area contributed by atoms with Crippen molar-refractivity contribution in [3.05, 3.63) is 112 Å². The first-order valence-corrected chi connectivity index (χ1v) is 12.8. The molecule has 5 rings (SSSR count). The van der Waals surface area contributed by atoms with Crippen molar-refractivity contribution < 1.29 is 19.1 Å². The quantitative estimate of drug-likeness (QED) is 0.266. The smallest absolute Gasteiger partial charge is 0.335 e. The standard InChI is InChI=1S/C28H24FN5O3S/c1-16-6-5-8-21(14-16)31-25(35)23-17(2)30-27-32-28(38-15-20-7-3-4-9-22(20)29)33-34(27)24(23)18-10-12-19(13-11-18)26(36)37/h3-14,24H,15H2,1-2H3,(H,31,35)(H,36,37)(H,30,32,33). The van der Waals surface area contributed by atoms with Crippen LogP contribution in [-0.4, -0.2) is 31.7 Å². The van der Waals surface area contributed by atoms with E-state index in [1.165, 1.54) is 30.0 Å². The molecule has 1 amide bonds. The van der Waals surface area contributed by atoms with Crippen LogP contribution in [0.15, 0.2) is 89.2 Å². The summed E-state index contributed by atoms with van der Waals surface area (Å²) >= 11 is 1.28. The third kappa shape index (κ3) is 5.16. The number of rotatable bonds is 7. The molecule has 1 aliphatic heterocycles. The van der Waals surface area contributed by atoms with Crippen molar-refractivity contribution in [3.63, 3.8) is 0 Å². The molecule has 0 saturated carbocycles. The number of benzene rings is 3. The average molecular weight is 530 g/mol. The Labute approximate surface area is 222 Å². The maximum absolute atomic E-state index is 14.1. The van der Waals surface area contributed by atoms with Crippen LogP contribution in [0.4, 0.5) is 16.0 Å². The molecular formula is C28H24FN5O3S. The number of nitrogens with zero attached hydrogens (tertiary/aromatic N) is 3. The van der Waals surface area contributed by atoms with Gasteiger partial charge in [-0.1, -0.05) is 54.2 Å². The van der Waals surface area contributed by atoms with E-state index in [2.05, 4.69) is 20.7 Å². The number of allylic oxidation sites excluding steroid dienone is 1. The molecule has 0 spiro atoms. The number of anilines is 2. The zero-order valence-electron chi connectivity index (χ0n) is 20.6. The van der Waals surface area contributed by atoms with Gasteiger partial charge in [-0.3, -0.25) is 4.79 Å². The third-order valence-corrected chi connectivity index (χ3v) is 7.03. The summed E-state index contributed by atoms with van der Waals surface area (Å²) < 4.78 is 15.7. The molecule has 10 heteroatoms. The van der Waals surface area contributed by atoms with E-state index in [0.29, 0.717) is 44.9 Å². The Hall–Kier alpha value is -4.44. The third-order valence-electron chi connectivity index (χ3n) is 6.14. The van der Waals surface area contributed by atoms with Crippen LogP contribution in [0.2, 0.25) is 0 Å². The zero-order chi connectivity index (χ0) is 26.8. The molecule has 38 heavy (non-hydrogen) atoms. The number of aromatic carboxylic acids is 1. The molecule has 0 aliphatic carbocycles. The molecule has 8 nitrogen and oxygen atoms in total. The van der Waals surface area contributed by atoms with Crippen LogP contribution in [0.3, 0.4) is 0 Å². The molecule has 0 fully saturated rings. The van der Waals surface area contributed by atoms with Crippen LogP contribution in [0.5, 0.6) is 0 Å². The predicted molar refractivity (Wildman–Crippen MR) is 144 cm³/mol. The molecule has 0 bridgehead atoms. The maximum Gasteiger partial charge on any atom is 0.335 e. The molecule has 3 N–H and O–H groups in total. The Morgan fingerprint density at radius 2 is 1.84 bits per heavy atom. The van der Waals surface area contributed by atoms with E-state index in [4.69, 9.17) is 0 Å². The number of carbonyl (C=O) groups excluding carboxylic acids is 1. The highest BCUT2D eigenvalue weighted by atomic mass is 32.2. The number of halogens is 1. The van der Waals surface area contributed by atoms with Crippen molar-refractivity contribution in [2.24, 2.45) is 0 Å². The molecule has 1 unspecified atom stereocenters. The van der Waals surface area contributed by atoms with Gasteiger partial charge in [-0.2, -0.15) is 4.98 Å². The van der Waals surface area contributed by atoms with Crippen molar-refractivity contribution in [2.75, 3.05) is 10.6 Å². The van der Waals surface area contributed by atoms with Gasteiger partial charge in [0.25, 0.3) is 5.91 Å². The Kier molecular flexibility index (Phi) is 6.97. The van der Waals surface area contributed by atoms with Crippen molar-refractivity contribution in [2.45, 2.75) is 30.8 Å². The van der Waals surface area contributed by atoms with Crippen LogP contribution in [0.25, 0.3) is 0 Å². The Balaban J connectivity index is 1.51. The van der Waals surface area contributed by atoms with Gasteiger partial charge in [0, 0.05) is 17.1 Å². The van der Waals surface area contributed by atoms with Gasteiger partial charge in [-0.25, -0.2) is 13.9 Å². The van der Waals surface area contributed by atoms with Crippen LogP contribution < -0.4 is 10.6 Å². The summed E-state index contributed by atoms with van der Waals surface area (Å²) in [6.07, 6.45) is 0.